The first-order valence-electron chi connectivity index (χ1n) is 3.84. The molecule has 0 aromatic carbocycles. The van der Waals surface area contributed by atoms with E-state index in [9.17, 15) is 4.79 Å². The second-order valence-electron chi connectivity index (χ2n) is 3.11. The maximum atomic E-state index is 10.8. The molecule has 2 nitrogen and oxygen atoms in total. The van der Waals surface area contributed by atoms with Gasteiger partial charge in [-0.2, -0.15) is 0 Å². The fourth-order valence-corrected chi connectivity index (χ4v) is 2.11. The number of esters is 1. The normalized spacial score (nSPS) is 27.4. The van der Waals surface area contributed by atoms with Gasteiger partial charge in [0, 0.05) is 6.08 Å². The third-order valence-corrected chi connectivity index (χ3v) is 2.84. The third-order valence-electron chi connectivity index (χ3n) is 2.39. The van der Waals surface area contributed by atoms with E-state index in [4.69, 9.17) is 16.3 Å². The Balaban J connectivity index is 2.28. The van der Waals surface area contributed by atoms with Crippen molar-refractivity contribution in [2.75, 3.05) is 0 Å². The van der Waals surface area contributed by atoms with Crippen LogP contribution in [-0.2, 0) is 9.53 Å². The lowest BCUT2D eigenvalue weighted by atomic mass is 10.0. The summed E-state index contributed by atoms with van der Waals surface area (Å²) in [5.74, 6) is -0.281. The summed E-state index contributed by atoms with van der Waals surface area (Å²) in [7, 11) is 0. The van der Waals surface area contributed by atoms with Crippen LogP contribution in [0.5, 0.6) is 0 Å². The number of carbonyl (C=O) groups excluding carboxylic acids is 1. The average molecular weight is 173 g/mol. The van der Waals surface area contributed by atoms with Gasteiger partial charge in [0.2, 0.25) is 0 Å². The molecule has 2 rings (SSSR count). The quantitative estimate of drug-likeness (QED) is 0.523. The van der Waals surface area contributed by atoms with Crippen molar-refractivity contribution in [3.63, 3.8) is 0 Å². The van der Waals surface area contributed by atoms with Crippen molar-refractivity contribution < 1.29 is 9.53 Å². The van der Waals surface area contributed by atoms with Crippen LogP contribution in [0.15, 0.2) is 11.1 Å². The summed E-state index contributed by atoms with van der Waals surface area (Å²) >= 11 is 5.89. The molecule has 1 spiro atoms. The monoisotopic (exact) mass is 172 g/mol. The molecule has 2 aliphatic rings. The van der Waals surface area contributed by atoms with Crippen LogP contribution in [0.2, 0.25) is 0 Å². The Kier molecular flexibility index (Phi) is 1.46. The minimum absolute atomic E-state index is 0.281. The van der Waals surface area contributed by atoms with E-state index in [1.54, 1.807) is 0 Å². The molecule has 1 saturated carbocycles. The predicted molar refractivity (Wildman–Crippen MR) is 41.2 cm³/mol. The molecule has 0 unspecified atom stereocenters. The molecule has 3 heteroatoms. The third kappa shape index (κ3) is 0.968. The standard InChI is InChI=1S/C8H9ClO2/c9-6-5-7(10)11-8(6)3-1-2-4-8/h5H,1-4H2. The van der Waals surface area contributed by atoms with Crippen LogP contribution >= 0.6 is 11.6 Å². The van der Waals surface area contributed by atoms with Gasteiger partial charge in [-0.1, -0.05) is 11.6 Å². The molecular formula is C8H9ClO2. The van der Waals surface area contributed by atoms with Gasteiger partial charge in [-0.25, -0.2) is 4.79 Å². The molecule has 1 heterocycles. The summed E-state index contributed by atoms with van der Waals surface area (Å²) in [4.78, 5) is 10.8. The van der Waals surface area contributed by atoms with Crippen LogP contribution in [0.4, 0.5) is 0 Å². The summed E-state index contributed by atoms with van der Waals surface area (Å²) in [5.41, 5.74) is -0.404. The summed E-state index contributed by atoms with van der Waals surface area (Å²) in [6.07, 6.45) is 5.41. The highest BCUT2D eigenvalue weighted by atomic mass is 35.5. The van der Waals surface area contributed by atoms with E-state index in [0.717, 1.165) is 25.7 Å². The van der Waals surface area contributed by atoms with Crippen LogP contribution in [0, 0.1) is 0 Å². The topological polar surface area (TPSA) is 26.3 Å². The molecule has 1 fully saturated rings. The molecule has 0 radical (unpaired) electrons. The summed E-state index contributed by atoms with van der Waals surface area (Å²) in [5, 5.41) is 0.597. The number of hydrogen-bond acceptors (Lipinski definition) is 2. The van der Waals surface area contributed by atoms with Gasteiger partial charge in [0.15, 0.2) is 0 Å². The van der Waals surface area contributed by atoms with Crippen LogP contribution < -0.4 is 0 Å². The molecule has 0 bridgehead atoms. The van der Waals surface area contributed by atoms with Crippen LogP contribution in [0.1, 0.15) is 25.7 Å². The highest BCUT2D eigenvalue weighted by molar-refractivity contribution is 6.32. The molecule has 60 valence electrons. The number of halogens is 1. The van der Waals surface area contributed by atoms with E-state index in [0.29, 0.717) is 5.03 Å². The Hall–Kier alpha value is -0.500. The summed E-state index contributed by atoms with van der Waals surface area (Å²) < 4.78 is 5.16. The Bertz CT molecular complexity index is 226. The molecule has 1 aliphatic carbocycles. The zero-order valence-corrected chi connectivity index (χ0v) is 6.86. The fraction of sp³-hybridized carbons (Fsp3) is 0.625. The molecule has 11 heavy (non-hydrogen) atoms. The zero-order valence-electron chi connectivity index (χ0n) is 6.10. The van der Waals surface area contributed by atoms with Gasteiger partial charge in [0.25, 0.3) is 0 Å². The first kappa shape index (κ1) is 7.17. The summed E-state index contributed by atoms with van der Waals surface area (Å²) in [6.45, 7) is 0. The Morgan fingerprint density at radius 1 is 1.45 bits per heavy atom. The van der Waals surface area contributed by atoms with Crippen molar-refractivity contribution in [2.45, 2.75) is 31.3 Å². The van der Waals surface area contributed by atoms with E-state index < -0.39 is 5.60 Å². The Morgan fingerprint density at radius 3 is 2.55 bits per heavy atom. The van der Waals surface area contributed by atoms with Gasteiger partial charge in [0.05, 0.1) is 5.03 Å². The van der Waals surface area contributed by atoms with Gasteiger partial charge >= 0.3 is 5.97 Å². The van der Waals surface area contributed by atoms with Gasteiger partial charge in [-0.05, 0) is 25.7 Å². The highest BCUT2D eigenvalue weighted by Crippen LogP contribution is 2.44. The maximum Gasteiger partial charge on any atom is 0.332 e. The first-order chi connectivity index (χ1) is 5.23. The molecule has 0 aromatic heterocycles. The van der Waals surface area contributed by atoms with Crippen molar-refractivity contribution in [3.8, 4) is 0 Å². The van der Waals surface area contributed by atoms with E-state index in [2.05, 4.69) is 0 Å². The minimum Gasteiger partial charge on any atom is -0.450 e. The lowest BCUT2D eigenvalue weighted by Gasteiger charge is -2.21. The first-order valence-corrected chi connectivity index (χ1v) is 4.21. The summed E-state index contributed by atoms with van der Waals surface area (Å²) in [6, 6.07) is 0. The zero-order chi connectivity index (χ0) is 7.90. The Morgan fingerprint density at radius 2 is 2.09 bits per heavy atom. The average Bonchev–Trinajstić information content (AvgIpc) is 2.45. The smallest absolute Gasteiger partial charge is 0.332 e. The molecule has 0 atom stereocenters. The molecule has 0 N–H and O–H groups in total. The second-order valence-corrected chi connectivity index (χ2v) is 3.52. The fourth-order valence-electron chi connectivity index (χ4n) is 1.79. The number of carbonyl (C=O) groups is 1. The SMILES string of the molecule is O=C1C=C(Cl)C2(CCCC2)O1. The number of rotatable bonds is 0. The molecule has 0 amide bonds. The van der Waals surface area contributed by atoms with E-state index in [1.807, 2.05) is 0 Å². The predicted octanol–water partition coefficient (Wildman–Crippen LogP) is 1.98. The van der Waals surface area contributed by atoms with Crippen molar-refractivity contribution in [3.05, 3.63) is 11.1 Å². The van der Waals surface area contributed by atoms with Crippen LogP contribution in [-0.4, -0.2) is 11.6 Å². The molecule has 0 aromatic rings. The second kappa shape index (κ2) is 2.24. The maximum absolute atomic E-state index is 10.8. The molecule has 1 aliphatic heterocycles. The lowest BCUT2D eigenvalue weighted by Crippen LogP contribution is -2.26. The minimum atomic E-state index is -0.404. The van der Waals surface area contributed by atoms with Crippen molar-refractivity contribution in [2.24, 2.45) is 0 Å². The van der Waals surface area contributed by atoms with Crippen LogP contribution in [0.25, 0.3) is 0 Å². The largest absolute Gasteiger partial charge is 0.450 e. The van der Waals surface area contributed by atoms with Crippen molar-refractivity contribution >= 4 is 17.6 Å². The van der Waals surface area contributed by atoms with E-state index in [-0.39, 0.29) is 5.97 Å². The van der Waals surface area contributed by atoms with Crippen LogP contribution in [0.3, 0.4) is 0 Å². The van der Waals surface area contributed by atoms with Crippen molar-refractivity contribution in [1.29, 1.82) is 0 Å². The molecular weight excluding hydrogens is 164 g/mol. The number of ether oxygens (including phenoxy) is 1. The van der Waals surface area contributed by atoms with Gasteiger partial charge in [-0.15, -0.1) is 0 Å². The van der Waals surface area contributed by atoms with Crippen molar-refractivity contribution in [1.82, 2.24) is 0 Å². The van der Waals surface area contributed by atoms with Gasteiger partial charge in [-0.3, -0.25) is 0 Å². The van der Waals surface area contributed by atoms with Gasteiger partial charge in [0.1, 0.15) is 5.60 Å². The number of hydrogen-bond donors (Lipinski definition) is 0. The highest BCUT2D eigenvalue weighted by Gasteiger charge is 2.44. The molecule has 0 saturated heterocycles. The van der Waals surface area contributed by atoms with E-state index >= 15 is 0 Å². The lowest BCUT2D eigenvalue weighted by molar-refractivity contribution is -0.145. The Labute approximate surface area is 70.2 Å². The van der Waals surface area contributed by atoms with E-state index in [1.165, 1.54) is 6.08 Å². The van der Waals surface area contributed by atoms with Gasteiger partial charge < -0.3 is 4.74 Å².